The van der Waals surface area contributed by atoms with Gasteiger partial charge in [-0.2, -0.15) is 0 Å². The topological polar surface area (TPSA) is 58.4 Å². The number of amides is 2. The van der Waals surface area contributed by atoms with E-state index in [1.807, 2.05) is 25.7 Å². The number of nitrogens with one attached hydrogen (secondary N) is 1. The zero-order chi connectivity index (χ0) is 13.1. The van der Waals surface area contributed by atoms with Crippen LogP contribution >= 0.6 is 0 Å². The molecule has 2 amide bonds. The highest BCUT2D eigenvalue weighted by Crippen LogP contribution is 2.21. The van der Waals surface area contributed by atoms with Crippen LogP contribution in [0, 0.1) is 13.8 Å². The fraction of sp³-hybridized carbons (Fsp3) is 0.692. The highest BCUT2D eigenvalue weighted by molar-refractivity contribution is 5.74. The van der Waals surface area contributed by atoms with Gasteiger partial charge in [0.2, 0.25) is 0 Å². The Morgan fingerprint density at radius 1 is 1.33 bits per heavy atom. The van der Waals surface area contributed by atoms with Gasteiger partial charge in [0.15, 0.2) is 0 Å². The van der Waals surface area contributed by atoms with E-state index >= 15 is 0 Å². The van der Waals surface area contributed by atoms with Crippen LogP contribution in [0.15, 0.2) is 4.52 Å². The molecule has 0 aliphatic carbocycles. The highest BCUT2D eigenvalue weighted by Gasteiger charge is 2.22. The van der Waals surface area contributed by atoms with Gasteiger partial charge in [-0.3, -0.25) is 0 Å². The molecule has 1 aliphatic rings. The quantitative estimate of drug-likeness (QED) is 0.878. The summed E-state index contributed by atoms with van der Waals surface area (Å²) in [7, 11) is 0. The van der Waals surface area contributed by atoms with Gasteiger partial charge in [-0.25, -0.2) is 4.79 Å². The predicted octanol–water partition coefficient (Wildman–Crippen LogP) is 2.55. The number of hydrogen-bond acceptors (Lipinski definition) is 3. The molecule has 0 aromatic carbocycles. The van der Waals surface area contributed by atoms with Crippen molar-refractivity contribution in [2.24, 2.45) is 0 Å². The van der Waals surface area contributed by atoms with Gasteiger partial charge in [-0.1, -0.05) is 5.16 Å². The monoisotopic (exact) mass is 251 g/mol. The van der Waals surface area contributed by atoms with E-state index < -0.39 is 0 Å². The Morgan fingerprint density at radius 3 is 2.56 bits per heavy atom. The molecule has 2 heterocycles. The molecule has 1 fully saturated rings. The number of likely N-dealkylation sites (tertiary alicyclic amines) is 1. The lowest BCUT2D eigenvalue weighted by Crippen LogP contribution is -2.43. The number of rotatable bonds is 2. The van der Waals surface area contributed by atoms with Gasteiger partial charge in [-0.15, -0.1) is 0 Å². The number of nitrogens with zero attached hydrogens (tertiary/aromatic N) is 2. The second kappa shape index (κ2) is 5.42. The van der Waals surface area contributed by atoms with Gasteiger partial charge in [0.05, 0.1) is 11.7 Å². The Kier molecular flexibility index (Phi) is 3.89. The van der Waals surface area contributed by atoms with Gasteiger partial charge in [0, 0.05) is 18.7 Å². The van der Waals surface area contributed by atoms with Crippen LogP contribution in [0.4, 0.5) is 4.79 Å². The van der Waals surface area contributed by atoms with E-state index in [4.69, 9.17) is 4.52 Å². The molecule has 0 radical (unpaired) electrons. The molecular weight excluding hydrogens is 230 g/mol. The molecule has 100 valence electrons. The molecule has 1 N–H and O–H groups in total. The zero-order valence-corrected chi connectivity index (χ0v) is 11.3. The molecule has 1 saturated heterocycles. The van der Waals surface area contributed by atoms with E-state index in [0.717, 1.165) is 42.9 Å². The Labute approximate surface area is 108 Å². The summed E-state index contributed by atoms with van der Waals surface area (Å²) in [6.07, 6.45) is 3.43. The number of carbonyl (C=O) groups is 1. The van der Waals surface area contributed by atoms with Crippen LogP contribution in [-0.4, -0.2) is 29.2 Å². The Bertz CT molecular complexity index is 402. The van der Waals surface area contributed by atoms with Crippen LogP contribution in [0.5, 0.6) is 0 Å². The number of carbonyl (C=O) groups excluding carboxylic acids is 1. The van der Waals surface area contributed by atoms with E-state index in [1.54, 1.807) is 0 Å². The second-order valence-electron chi connectivity index (χ2n) is 4.96. The Hall–Kier alpha value is -1.52. The summed E-state index contributed by atoms with van der Waals surface area (Å²) >= 11 is 0. The maximum Gasteiger partial charge on any atom is 0.317 e. The molecule has 0 spiro atoms. The van der Waals surface area contributed by atoms with Gasteiger partial charge in [0.1, 0.15) is 5.76 Å². The van der Waals surface area contributed by atoms with Crippen LogP contribution in [0.3, 0.4) is 0 Å². The summed E-state index contributed by atoms with van der Waals surface area (Å²) in [5.41, 5.74) is 1.83. The average molecular weight is 251 g/mol. The lowest BCUT2D eigenvalue weighted by atomic mass is 10.1. The van der Waals surface area contributed by atoms with Gasteiger partial charge in [-0.05, 0) is 40.0 Å². The lowest BCUT2D eigenvalue weighted by Gasteiger charge is -2.28. The van der Waals surface area contributed by atoms with Crippen molar-refractivity contribution in [3.05, 3.63) is 17.0 Å². The number of aromatic nitrogens is 1. The third-order valence-corrected chi connectivity index (χ3v) is 3.50. The minimum Gasteiger partial charge on any atom is -0.361 e. The summed E-state index contributed by atoms with van der Waals surface area (Å²) in [6, 6.07) is -0.0483. The van der Waals surface area contributed by atoms with Crippen LogP contribution in [0.2, 0.25) is 0 Å². The summed E-state index contributed by atoms with van der Waals surface area (Å²) in [4.78, 5) is 14.0. The van der Waals surface area contributed by atoms with Crippen LogP contribution < -0.4 is 5.32 Å². The summed E-state index contributed by atoms with van der Waals surface area (Å²) < 4.78 is 5.13. The number of urea groups is 1. The zero-order valence-electron chi connectivity index (χ0n) is 11.3. The molecule has 5 heteroatoms. The fourth-order valence-electron chi connectivity index (χ4n) is 2.55. The third kappa shape index (κ3) is 2.66. The van der Waals surface area contributed by atoms with Crippen molar-refractivity contribution in [2.75, 3.05) is 13.1 Å². The standard InChI is InChI=1S/C13H21N3O2/c1-9(12-10(2)15-18-11(12)3)14-13(17)16-7-5-4-6-8-16/h9H,4-8H2,1-3H3,(H,14,17). The molecule has 18 heavy (non-hydrogen) atoms. The fourth-order valence-corrected chi connectivity index (χ4v) is 2.55. The van der Waals surface area contributed by atoms with Crippen LogP contribution in [-0.2, 0) is 0 Å². The van der Waals surface area contributed by atoms with Crippen molar-refractivity contribution in [2.45, 2.75) is 46.1 Å². The van der Waals surface area contributed by atoms with E-state index in [2.05, 4.69) is 10.5 Å². The normalized spacial score (nSPS) is 17.6. The Balaban J connectivity index is 1.98. The van der Waals surface area contributed by atoms with Crippen molar-refractivity contribution in [1.82, 2.24) is 15.4 Å². The first-order valence-corrected chi connectivity index (χ1v) is 6.58. The van der Waals surface area contributed by atoms with Crippen molar-refractivity contribution in [3.63, 3.8) is 0 Å². The van der Waals surface area contributed by atoms with Gasteiger partial charge >= 0.3 is 6.03 Å². The van der Waals surface area contributed by atoms with Crippen LogP contribution in [0.25, 0.3) is 0 Å². The molecule has 1 atom stereocenters. The lowest BCUT2D eigenvalue weighted by molar-refractivity contribution is 0.183. The SMILES string of the molecule is Cc1noc(C)c1C(C)NC(=O)N1CCCCC1. The molecule has 1 aliphatic heterocycles. The Morgan fingerprint density at radius 2 is 2.00 bits per heavy atom. The number of piperidine rings is 1. The van der Waals surface area contributed by atoms with Crippen molar-refractivity contribution < 1.29 is 9.32 Å². The first kappa shape index (κ1) is 12.9. The van der Waals surface area contributed by atoms with Crippen LogP contribution in [0.1, 0.15) is 49.2 Å². The first-order chi connectivity index (χ1) is 8.59. The van der Waals surface area contributed by atoms with Crippen molar-refractivity contribution >= 4 is 6.03 Å². The minimum atomic E-state index is -0.0642. The van der Waals surface area contributed by atoms with Crippen molar-refractivity contribution in [3.8, 4) is 0 Å². The van der Waals surface area contributed by atoms with E-state index in [-0.39, 0.29) is 12.1 Å². The largest absolute Gasteiger partial charge is 0.361 e. The van der Waals surface area contributed by atoms with E-state index in [1.165, 1.54) is 6.42 Å². The maximum absolute atomic E-state index is 12.1. The second-order valence-corrected chi connectivity index (χ2v) is 4.96. The summed E-state index contributed by atoms with van der Waals surface area (Å²) in [5, 5.41) is 6.94. The number of aryl methyl sites for hydroxylation is 2. The molecule has 2 rings (SSSR count). The molecule has 5 nitrogen and oxygen atoms in total. The van der Waals surface area contributed by atoms with Gasteiger partial charge < -0.3 is 14.7 Å². The minimum absolute atomic E-state index is 0.0159. The third-order valence-electron chi connectivity index (χ3n) is 3.50. The predicted molar refractivity (Wildman–Crippen MR) is 68.3 cm³/mol. The molecule has 1 aromatic rings. The summed E-state index contributed by atoms with van der Waals surface area (Å²) in [5.74, 6) is 0.777. The molecule has 0 saturated carbocycles. The molecular formula is C13H21N3O2. The van der Waals surface area contributed by atoms with E-state index in [0.29, 0.717) is 0 Å². The first-order valence-electron chi connectivity index (χ1n) is 6.58. The summed E-state index contributed by atoms with van der Waals surface area (Å²) in [6.45, 7) is 7.46. The molecule has 0 bridgehead atoms. The van der Waals surface area contributed by atoms with E-state index in [9.17, 15) is 4.79 Å². The van der Waals surface area contributed by atoms with Gasteiger partial charge in [0.25, 0.3) is 0 Å². The molecule has 1 aromatic heterocycles. The van der Waals surface area contributed by atoms with Crippen molar-refractivity contribution in [1.29, 1.82) is 0 Å². The average Bonchev–Trinajstić information content (AvgIpc) is 2.70. The smallest absolute Gasteiger partial charge is 0.317 e. The highest BCUT2D eigenvalue weighted by atomic mass is 16.5. The number of hydrogen-bond donors (Lipinski definition) is 1. The molecule has 1 unspecified atom stereocenters. The maximum atomic E-state index is 12.1.